The summed E-state index contributed by atoms with van der Waals surface area (Å²) in [6.45, 7) is 11.2. The summed E-state index contributed by atoms with van der Waals surface area (Å²) in [4.78, 5) is 21.0. The molecule has 3 aromatic carbocycles. The minimum absolute atomic E-state index is 0.109. The molecule has 7 nitrogen and oxygen atoms in total. The van der Waals surface area contributed by atoms with Gasteiger partial charge >= 0.3 is 0 Å². The third-order valence-corrected chi connectivity index (χ3v) is 13.7. The van der Waals surface area contributed by atoms with Crippen molar-refractivity contribution in [3.05, 3.63) is 106 Å². The Hall–Kier alpha value is -4.19. The first-order chi connectivity index (χ1) is 31.0. The zero-order valence-corrected chi connectivity index (χ0v) is 38.8. The Kier molecular flexibility index (Phi) is 19.2. The standard InChI is InChI=1S/C31H40F2N2O3.C22H32F2N2/c1-22(16-24-11-13-26(32)18-28(24)33)19-35(31(36)25-12-14-29(37-2)30(17-25)38-3)21-27-10-7-15-34(27)20-23-8-5-4-6-9-23;1-17(12-19-9-10-20(23)13-22(19)24)14-25-15-21-8-5-11-26(21)16-18-6-3-2-4-7-18/h11-14,16-18,23,27H,4-10,15,19-21H2,1-3H3;9-10,12-13,18,21,25H,2-8,11,14-16H2,1H3/b22-16+;17-12+/t27-;21-/m00/s1. The summed E-state index contributed by atoms with van der Waals surface area (Å²) in [6.07, 6.45) is 21.9. The molecule has 64 heavy (non-hydrogen) atoms. The average Bonchev–Trinajstić information content (AvgIpc) is 3.94. The molecule has 2 saturated carbocycles. The minimum atomic E-state index is -0.614. The SMILES string of the molecule is C/C(=C\c1ccc(F)cc1F)CNC[C@@H]1CCCN1CC1CCCCC1.COc1ccc(C(=O)N(C/C(C)=C/c2ccc(F)cc2F)C[C@@H]2CCCN2CC2CCCCC2)cc1OC. The molecule has 11 heteroatoms. The third-order valence-electron chi connectivity index (χ3n) is 13.7. The lowest BCUT2D eigenvalue weighted by molar-refractivity contribution is 0.0709. The molecule has 2 aliphatic carbocycles. The molecule has 0 bridgehead atoms. The lowest BCUT2D eigenvalue weighted by Gasteiger charge is -2.34. The van der Waals surface area contributed by atoms with E-state index in [9.17, 15) is 22.4 Å². The van der Waals surface area contributed by atoms with Crippen LogP contribution in [0, 0.1) is 35.1 Å². The van der Waals surface area contributed by atoms with E-state index in [1.807, 2.05) is 18.7 Å². The highest BCUT2D eigenvalue weighted by atomic mass is 19.1. The van der Waals surface area contributed by atoms with Crippen molar-refractivity contribution in [3.63, 3.8) is 0 Å². The van der Waals surface area contributed by atoms with Crippen LogP contribution in [0.25, 0.3) is 12.2 Å². The molecule has 2 saturated heterocycles. The van der Waals surface area contributed by atoms with Gasteiger partial charge in [-0.05, 0) is 133 Å². The van der Waals surface area contributed by atoms with Crippen molar-refractivity contribution in [1.82, 2.24) is 20.0 Å². The summed E-state index contributed by atoms with van der Waals surface area (Å²) in [5.41, 5.74) is 3.15. The molecule has 3 aromatic rings. The van der Waals surface area contributed by atoms with Gasteiger partial charge in [0.05, 0.1) is 14.2 Å². The number of rotatable bonds is 17. The molecule has 4 fully saturated rings. The maximum Gasteiger partial charge on any atom is 0.254 e. The Morgan fingerprint density at radius 3 is 1.73 bits per heavy atom. The lowest BCUT2D eigenvalue weighted by Crippen LogP contribution is -2.45. The summed E-state index contributed by atoms with van der Waals surface area (Å²) in [5, 5.41) is 3.54. The second kappa shape index (κ2) is 24.9. The van der Waals surface area contributed by atoms with Crippen molar-refractivity contribution < 1.29 is 31.8 Å². The van der Waals surface area contributed by atoms with E-state index in [4.69, 9.17) is 9.47 Å². The van der Waals surface area contributed by atoms with Crippen molar-refractivity contribution in [2.24, 2.45) is 11.8 Å². The highest BCUT2D eigenvalue weighted by molar-refractivity contribution is 5.95. The van der Waals surface area contributed by atoms with Gasteiger partial charge in [-0.3, -0.25) is 14.6 Å². The average molecular weight is 889 g/mol. The largest absolute Gasteiger partial charge is 0.493 e. The van der Waals surface area contributed by atoms with Gasteiger partial charge in [0.15, 0.2) is 11.5 Å². The summed E-state index contributed by atoms with van der Waals surface area (Å²) < 4.78 is 65.2. The molecule has 1 amide bonds. The molecule has 2 heterocycles. The third kappa shape index (κ3) is 14.7. The van der Waals surface area contributed by atoms with Crippen LogP contribution in [-0.2, 0) is 0 Å². The topological polar surface area (TPSA) is 57.3 Å². The van der Waals surface area contributed by atoms with Gasteiger partial charge in [-0.15, -0.1) is 0 Å². The molecule has 2 atom stereocenters. The number of carbonyl (C=O) groups excluding carboxylic acids is 1. The Bertz CT molecular complexity index is 2010. The summed E-state index contributed by atoms with van der Waals surface area (Å²) >= 11 is 0. The number of methoxy groups -OCH3 is 2. The maximum absolute atomic E-state index is 14.3. The van der Waals surface area contributed by atoms with E-state index in [1.54, 1.807) is 44.6 Å². The van der Waals surface area contributed by atoms with Crippen LogP contribution in [0.2, 0.25) is 0 Å². The Labute approximate surface area is 380 Å². The maximum atomic E-state index is 14.3. The van der Waals surface area contributed by atoms with Crippen LogP contribution < -0.4 is 14.8 Å². The predicted molar refractivity (Wildman–Crippen MR) is 251 cm³/mol. The van der Waals surface area contributed by atoms with E-state index >= 15 is 0 Å². The Morgan fingerprint density at radius 2 is 1.19 bits per heavy atom. The normalized spacial score (nSPS) is 20.6. The van der Waals surface area contributed by atoms with Crippen molar-refractivity contribution in [1.29, 1.82) is 0 Å². The molecule has 0 unspecified atom stereocenters. The summed E-state index contributed by atoms with van der Waals surface area (Å²) in [5.74, 6) is 0.330. The van der Waals surface area contributed by atoms with Crippen LogP contribution in [0.4, 0.5) is 17.6 Å². The zero-order chi connectivity index (χ0) is 45.4. The van der Waals surface area contributed by atoms with Crippen molar-refractivity contribution in [2.75, 3.05) is 66.6 Å². The number of carbonyl (C=O) groups is 1. The molecular weight excluding hydrogens is 817 g/mol. The molecule has 350 valence electrons. The molecule has 4 aliphatic rings. The van der Waals surface area contributed by atoms with Crippen LogP contribution in [0.15, 0.2) is 65.7 Å². The number of ether oxygens (including phenoxy) is 2. The van der Waals surface area contributed by atoms with E-state index in [0.717, 1.165) is 74.1 Å². The number of hydrogen-bond acceptors (Lipinski definition) is 6. The number of likely N-dealkylation sites (tertiary alicyclic amines) is 2. The first-order valence-corrected chi connectivity index (χ1v) is 23.9. The number of benzene rings is 3. The highest BCUT2D eigenvalue weighted by Crippen LogP contribution is 2.31. The molecule has 0 aromatic heterocycles. The van der Waals surface area contributed by atoms with Gasteiger partial charge in [-0.2, -0.15) is 0 Å². The molecule has 0 radical (unpaired) electrons. The van der Waals surface area contributed by atoms with E-state index < -0.39 is 23.3 Å². The van der Waals surface area contributed by atoms with E-state index in [-0.39, 0.29) is 11.9 Å². The number of nitrogens with one attached hydrogen (secondary N) is 1. The van der Waals surface area contributed by atoms with E-state index in [2.05, 4.69) is 15.1 Å². The molecule has 7 rings (SSSR count). The smallest absolute Gasteiger partial charge is 0.254 e. The highest BCUT2D eigenvalue weighted by Gasteiger charge is 2.31. The van der Waals surface area contributed by atoms with Gasteiger partial charge < -0.3 is 19.7 Å². The fourth-order valence-electron chi connectivity index (χ4n) is 10.3. The van der Waals surface area contributed by atoms with Gasteiger partial charge in [-0.25, -0.2) is 17.6 Å². The van der Waals surface area contributed by atoms with Crippen molar-refractivity contribution in [2.45, 2.75) is 116 Å². The zero-order valence-electron chi connectivity index (χ0n) is 38.8. The number of halogens is 4. The van der Waals surface area contributed by atoms with Crippen LogP contribution in [-0.4, -0.2) is 99.3 Å². The summed E-state index contributed by atoms with van der Waals surface area (Å²) in [7, 11) is 3.12. The van der Waals surface area contributed by atoms with E-state index in [1.165, 1.54) is 114 Å². The monoisotopic (exact) mass is 889 g/mol. The van der Waals surface area contributed by atoms with Crippen molar-refractivity contribution >= 4 is 18.1 Å². The second-order valence-corrected chi connectivity index (χ2v) is 18.8. The van der Waals surface area contributed by atoms with Gasteiger partial charge in [0.2, 0.25) is 0 Å². The van der Waals surface area contributed by atoms with Gasteiger partial charge in [0, 0.05) is 80.2 Å². The van der Waals surface area contributed by atoms with Crippen molar-refractivity contribution in [3.8, 4) is 11.5 Å². The van der Waals surface area contributed by atoms with Gasteiger partial charge in [-0.1, -0.05) is 61.8 Å². The Morgan fingerprint density at radius 1 is 0.656 bits per heavy atom. The van der Waals surface area contributed by atoms with Crippen LogP contribution in [0.1, 0.15) is 125 Å². The second-order valence-electron chi connectivity index (χ2n) is 18.8. The minimum Gasteiger partial charge on any atom is -0.493 e. The Balaban J connectivity index is 0.000000228. The first-order valence-electron chi connectivity index (χ1n) is 23.9. The molecule has 2 aliphatic heterocycles. The lowest BCUT2D eigenvalue weighted by atomic mass is 9.89. The fourth-order valence-corrected chi connectivity index (χ4v) is 10.3. The number of hydrogen-bond donors (Lipinski definition) is 1. The molecule has 0 spiro atoms. The predicted octanol–water partition coefficient (Wildman–Crippen LogP) is 11.6. The number of nitrogens with zero attached hydrogens (tertiary/aromatic N) is 3. The quantitative estimate of drug-likeness (QED) is 0.136. The van der Waals surface area contributed by atoms with Crippen LogP contribution in [0.3, 0.4) is 0 Å². The van der Waals surface area contributed by atoms with Crippen LogP contribution >= 0.6 is 0 Å². The number of amides is 1. The molecule has 1 N–H and O–H groups in total. The van der Waals surface area contributed by atoms with E-state index in [0.29, 0.717) is 47.3 Å². The van der Waals surface area contributed by atoms with Gasteiger partial charge in [0.1, 0.15) is 23.3 Å². The van der Waals surface area contributed by atoms with Gasteiger partial charge in [0.25, 0.3) is 5.91 Å². The molecular formula is C53H72F4N4O3. The van der Waals surface area contributed by atoms with Crippen LogP contribution in [0.5, 0.6) is 11.5 Å². The first kappa shape index (κ1) is 49.2. The fraction of sp³-hybridized carbons (Fsp3) is 0.566. The summed E-state index contributed by atoms with van der Waals surface area (Å²) in [6, 6.07) is 13.4.